The zero-order valence-corrected chi connectivity index (χ0v) is 14.0. The van der Waals surface area contributed by atoms with Crippen LogP contribution in [0.1, 0.15) is 25.9 Å². The van der Waals surface area contributed by atoms with Gasteiger partial charge >= 0.3 is 0 Å². The van der Waals surface area contributed by atoms with Gasteiger partial charge < -0.3 is 14.5 Å². The molecule has 2 amide bonds. The van der Waals surface area contributed by atoms with Crippen LogP contribution in [-0.2, 0) is 17.8 Å². The molecule has 0 spiro atoms. The zero-order chi connectivity index (χ0) is 16.5. The molecule has 7 nitrogen and oxygen atoms in total. The van der Waals surface area contributed by atoms with Crippen molar-refractivity contribution in [2.75, 3.05) is 32.8 Å². The summed E-state index contributed by atoms with van der Waals surface area (Å²) >= 11 is 1.45. The predicted molar refractivity (Wildman–Crippen MR) is 88.0 cm³/mol. The van der Waals surface area contributed by atoms with Crippen molar-refractivity contribution in [1.82, 2.24) is 19.6 Å². The molecule has 0 atom stereocenters. The molecule has 4 heterocycles. The molecule has 4 rings (SSSR count). The largest absolute Gasteiger partial charge is 0.378 e. The first-order valence-corrected chi connectivity index (χ1v) is 8.87. The summed E-state index contributed by atoms with van der Waals surface area (Å²) in [5.41, 5.74) is 1.36. The second kappa shape index (κ2) is 6.37. The van der Waals surface area contributed by atoms with Gasteiger partial charge in [-0.2, -0.15) is 5.10 Å². The summed E-state index contributed by atoms with van der Waals surface area (Å²) in [6.07, 6.45) is 0. The Morgan fingerprint density at radius 2 is 1.92 bits per heavy atom. The minimum absolute atomic E-state index is 0.0403. The molecule has 1 saturated heterocycles. The summed E-state index contributed by atoms with van der Waals surface area (Å²) in [5.74, 6) is -0.0187. The van der Waals surface area contributed by atoms with Gasteiger partial charge in [0.15, 0.2) is 5.69 Å². The lowest BCUT2D eigenvalue weighted by molar-refractivity contribution is 0.0298. The van der Waals surface area contributed by atoms with Crippen LogP contribution in [0.3, 0.4) is 0 Å². The third-order valence-electron chi connectivity index (χ3n) is 4.33. The van der Waals surface area contributed by atoms with E-state index in [1.807, 2.05) is 33.2 Å². The fraction of sp³-hybridized carbons (Fsp3) is 0.438. The zero-order valence-electron chi connectivity index (χ0n) is 13.2. The van der Waals surface area contributed by atoms with Gasteiger partial charge in [0.25, 0.3) is 11.8 Å². The average molecular weight is 346 g/mol. The number of carbonyl (C=O) groups is 2. The fourth-order valence-electron chi connectivity index (χ4n) is 3.03. The van der Waals surface area contributed by atoms with Gasteiger partial charge in [0, 0.05) is 19.6 Å². The number of amides is 2. The Morgan fingerprint density at radius 1 is 1.08 bits per heavy atom. The number of ether oxygens (including phenoxy) is 1. The summed E-state index contributed by atoms with van der Waals surface area (Å²) < 4.78 is 7.12. The van der Waals surface area contributed by atoms with E-state index in [0.717, 1.165) is 10.6 Å². The fourth-order valence-corrected chi connectivity index (χ4v) is 3.72. The SMILES string of the molecule is O=C(c1cc2n(n1)CCN(C(=O)c1cccs1)C2)N1CCOCC1. The van der Waals surface area contributed by atoms with Crippen LogP contribution in [0.25, 0.3) is 0 Å². The van der Waals surface area contributed by atoms with Crippen molar-refractivity contribution in [3.05, 3.63) is 39.8 Å². The highest BCUT2D eigenvalue weighted by molar-refractivity contribution is 7.12. The van der Waals surface area contributed by atoms with E-state index in [0.29, 0.717) is 51.6 Å². The van der Waals surface area contributed by atoms with Crippen molar-refractivity contribution >= 4 is 23.2 Å². The van der Waals surface area contributed by atoms with Gasteiger partial charge in [-0.3, -0.25) is 14.3 Å². The molecule has 0 bridgehead atoms. The maximum absolute atomic E-state index is 12.5. The van der Waals surface area contributed by atoms with Crippen LogP contribution in [0.15, 0.2) is 23.6 Å². The Balaban J connectivity index is 1.49. The van der Waals surface area contributed by atoms with Gasteiger partial charge in [0.1, 0.15) is 0 Å². The quantitative estimate of drug-likeness (QED) is 0.816. The number of carbonyl (C=O) groups excluding carboxylic acids is 2. The lowest BCUT2D eigenvalue weighted by atomic mass is 10.2. The number of aromatic nitrogens is 2. The Kier molecular flexibility index (Phi) is 4.07. The molecule has 2 aliphatic heterocycles. The van der Waals surface area contributed by atoms with Crippen molar-refractivity contribution in [3.63, 3.8) is 0 Å². The molecular formula is C16H18N4O3S. The number of rotatable bonds is 2. The van der Waals surface area contributed by atoms with Crippen molar-refractivity contribution in [2.24, 2.45) is 0 Å². The molecule has 0 unspecified atom stereocenters. The number of thiophene rings is 1. The van der Waals surface area contributed by atoms with E-state index < -0.39 is 0 Å². The average Bonchev–Trinajstić information content (AvgIpc) is 3.30. The van der Waals surface area contributed by atoms with Crippen LogP contribution >= 0.6 is 11.3 Å². The van der Waals surface area contributed by atoms with E-state index in [1.165, 1.54) is 11.3 Å². The molecule has 1 fully saturated rings. The summed E-state index contributed by atoms with van der Waals surface area (Å²) in [6.45, 7) is 4.05. The monoisotopic (exact) mass is 346 g/mol. The van der Waals surface area contributed by atoms with Gasteiger partial charge in [-0.1, -0.05) is 6.07 Å². The maximum Gasteiger partial charge on any atom is 0.274 e. The highest BCUT2D eigenvalue weighted by Crippen LogP contribution is 2.19. The highest BCUT2D eigenvalue weighted by atomic mass is 32.1. The Bertz CT molecular complexity index is 749. The molecule has 0 radical (unpaired) electrons. The smallest absolute Gasteiger partial charge is 0.274 e. The van der Waals surface area contributed by atoms with Gasteiger partial charge in [-0.25, -0.2) is 0 Å². The van der Waals surface area contributed by atoms with E-state index in [9.17, 15) is 9.59 Å². The second-order valence-electron chi connectivity index (χ2n) is 5.85. The molecule has 2 aromatic heterocycles. The summed E-state index contributed by atoms with van der Waals surface area (Å²) in [6, 6.07) is 5.53. The topological polar surface area (TPSA) is 67.7 Å². The van der Waals surface area contributed by atoms with Crippen molar-refractivity contribution < 1.29 is 14.3 Å². The Labute approximate surface area is 143 Å². The van der Waals surface area contributed by atoms with Crippen LogP contribution < -0.4 is 0 Å². The summed E-state index contributed by atoms with van der Waals surface area (Å²) in [4.78, 5) is 29.3. The Morgan fingerprint density at radius 3 is 2.67 bits per heavy atom. The van der Waals surface area contributed by atoms with Crippen LogP contribution in [0.4, 0.5) is 0 Å². The standard InChI is InChI=1S/C16H18N4O3S/c21-15(18-5-7-23-8-6-18)13-10-12-11-19(3-4-20(12)17-13)16(22)14-2-1-9-24-14/h1-2,9-10H,3-8,11H2. The maximum atomic E-state index is 12.5. The van der Waals surface area contributed by atoms with Crippen molar-refractivity contribution in [1.29, 1.82) is 0 Å². The third kappa shape index (κ3) is 2.83. The van der Waals surface area contributed by atoms with Crippen LogP contribution in [0, 0.1) is 0 Å². The number of nitrogens with zero attached hydrogens (tertiary/aromatic N) is 4. The molecule has 2 aromatic rings. The lowest BCUT2D eigenvalue weighted by Gasteiger charge is -2.27. The van der Waals surface area contributed by atoms with Gasteiger partial charge in [-0.05, 0) is 17.5 Å². The number of morpholine rings is 1. The van der Waals surface area contributed by atoms with Crippen molar-refractivity contribution in [2.45, 2.75) is 13.1 Å². The van der Waals surface area contributed by atoms with Crippen LogP contribution in [-0.4, -0.2) is 64.2 Å². The first-order valence-electron chi connectivity index (χ1n) is 7.99. The highest BCUT2D eigenvalue weighted by Gasteiger charge is 2.27. The van der Waals surface area contributed by atoms with Gasteiger partial charge in [0.2, 0.25) is 0 Å². The molecule has 0 N–H and O–H groups in total. The molecule has 0 aliphatic carbocycles. The first kappa shape index (κ1) is 15.3. The summed E-state index contributed by atoms with van der Waals surface area (Å²) in [5, 5.41) is 6.34. The second-order valence-corrected chi connectivity index (χ2v) is 6.80. The Hall–Kier alpha value is -2.19. The van der Waals surface area contributed by atoms with Gasteiger partial charge in [-0.15, -0.1) is 11.3 Å². The van der Waals surface area contributed by atoms with Crippen LogP contribution in [0.2, 0.25) is 0 Å². The first-order chi connectivity index (χ1) is 11.7. The van der Waals surface area contributed by atoms with Crippen LogP contribution in [0.5, 0.6) is 0 Å². The number of fused-ring (bicyclic) bond motifs is 1. The van der Waals surface area contributed by atoms with Gasteiger partial charge in [0.05, 0.1) is 36.9 Å². The normalized spacial score (nSPS) is 17.7. The molecule has 126 valence electrons. The molecule has 0 saturated carbocycles. The molecular weight excluding hydrogens is 328 g/mol. The number of hydrogen-bond acceptors (Lipinski definition) is 5. The van der Waals surface area contributed by atoms with E-state index in [1.54, 1.807) is 4.90 Å². The van der Waals surface area contributed by atoms with E-state index in [4.69, 9.17) is 4.74 Å². The minimum atomic E-state index is -0.0590. The van der Waals surface area contributed by atoms with E-state index in [-0.39, 0.29) is 11.8 Å². The van der Waals surface area contributed by atoms with E-state index in [2.05, 4.69) is 5.10 Å². The molecule has 8 heteroatoms. The predicted octanol–water partition coefficient (Wildman–Crippen LogP) is 1.07. The third-order valence-corrected chi connectivity index (χ3v) is 5.19. The molecule has 2 aliphatic rings. The van der Waals surface area contributed by atoms with E-state index >= 15 is 0 Å². The number of hydrogen-bond donors (Lipinski definition) is 0. The molecule has 24 heavy (non-hydrogen) atoms. The lowest BCUT2D eigenvalue weighted by Crippen LogP contribution is -2.41. The van der Waals surface area contributed by atoms with Crippen molar-refractivity contribution in [3.8, 4) is 0 Å². The molecule has 0 aromatic carbocycles. The summed E-state index contributed by atoms with van der Waals surface area (Å²) in [7, 11) is 0. The minimum Gasteiger partial charge on any atom is -0.378 e.